The number of anilines is 1. The molecule has 27 heavy (non-hydrogen) atoms. The largest absolute Gasteiger partial charge is 0.497 e. The number of carbonyl (C=O) groups is 1. The third-order valence-corrected chi connectivity index (χ3v) is 4.71. The van der Waals surface area contributed by atoms with E-state index in [1.54, 1.807) is 14.2 Å². The average Bonchev–Trinajstić information content (AvgIpc) is 3.11. The van der Waals surface area contributed by atoms with Crippen LogP contribution in [0.4, 0.5) is 14.5 Å². The molecule has 0 radical (unpaired) electrons. The first-order valence-electron chi connectivity index (χ1n) is 8.72. The topological polar surface area (TPSA) is 50.8 Å². The minimum atomic E-state index is -0.991. The predicted molar refractivity (Wildman–Crippen MR) is 98.1 cm³/mol. The molecule has 1 saturated heterocycles. The molecule has 1 heterocycles. The number of methoxy groups -OCH3 is 2. The van der Waals surface area contributed by atoms with Crippen molar-refractivity contribution < 1.29 is 23.0 Å². The van der Waals surface area contributed by atoms with E-state index in [1.165, 1.54) is 6.07 Å². The molecule has 1 aliphatic heterocycles. The summed E-state index contributed by atoms with van der Waals surface area (Å²) in [7, 11) is 3.20. The molecule has 1 atom stereocenters. The molecule has 7 heteroatoms. The van der Waals surface area contributed by atoms with Crippen LogP contribution < -0.4 is 14.8 Å². The number of nitrogens with one attached hydrogen (secondary N) is 1. The maximum absolute atomic E-state index is 13.3. The molecule has 2 aromatic rings. The Morgan fingerprint density at radius 2 is 1.96 bits per heavy atom. The summed E-state index contributed by atoms with van der Waals surface area (Å²) in [4.78, 5) is 14.4. The van der Waals surface area contributed by atoms with Crippen molar-refractivity contribution in [2.24, 2.45) is 0 Å². The van der Waals surface area contributed by atoms with Crippen molar-refractivity contribution in [3.63, 3.8) is 0 Å². The number of hydrogen-bond donors (Lipinski definition) is 1. The molecule has 2 aromatic carbocycles. The lowest BCUT2D eigenvalue weighted by atomic mass is 10.0. The van der Waals surface area contributed by atoms with Crippen LogP contribution in [0.25, 0.3) is 0 Å². The molecule has 0 spiro atoms. The van der Waals surface area contributed by atoms with Crippen LogP contribution in [-0.2, 0) is 4.79 Å². The summed E-state index contributed by atoms with van der Waals surface area (Å²) in [6.45, 7) is 0.921. The molecule has 1 N–H and O–H groups in total. The molecular weight excluding hydrogens is 354 g/mol. The van der Waals surface area contributed by atoms with Crippen LogP contribution in [0.5, 0.6) is 11.5 Å². The van der Waals surface area contributed by atoms with E-state index in [2.05, 4.69) is 10.2 Å². The van der Waals surface area contributed by atoms with Crippen LogP contribution in [0.3, 0.4) is 0 Å². The zero-order valence-corrected chi connectivity index (χ0v) is 15.3. The van der Waals surface area contributed by atoms with Crippen LogP contribution in [0.1, 0.15) is 24.4 Å². The summed E-state index contributed by atoms with van der Waals surface area (Å²) in [6, 6.07) is 9.00. The van der Waals surface area contributed by atoms with Crippen molar-refractivity contribution in [1.82, 2.24) is 4.90 Å². The molecule has 1 fully saturated rings. The average molecular weight is 376 g/mol. The normalized spacial score (nSPS) is 17.0. The van der Waals surface area contributed by atoms with Gasteiger partial charge >= 0.3 is 0 Å². The third-order valence-electron chi connectivity index (χ3n) is 4.71. The predicted octanol–water partition coefficient (Wildman–Crippen LogP) is 3.76. The van der Waals surface area contributed by atoms with Crippen molar-refractivity contribution in [2.45, 2.75) is 18.9 Å². The molecule has 1 amide bonds. The zero-order chi connectivity index (χ0) is 19.4. The summed E-state index contributed by atoms with van der Waals surface area (Å²) in [5, 5.41) is 2.62. The zero-order valence-electron chi connectivity index (χ0n) is 15.3. The number of likely N-dealkylation sites (tertiary alicyclic amines) is 1. The Kier molecular flexibility index (Phi) is 5.91. The highest BCUT2D eigenvalue weighted by Crippen LogP contribution is 2.38. The lowest BCUT2D eigenvalue weighted by molar-refractivity contribution is -0.117. The Hall–Kier alpha value is -2.67. The lowest BCUT2D eigenvalue weighted by Gasteiger charge is -2.25. The Morgan fingerprint density at radius 3 is 2.67 bits per heavy atom. The molecule has 0 aromatic heterocycles. The number of amides is 1. The van der Waals surface area contributed by atoms with Gasteiger partial charge in [-0.3, -0.25) is 9.69 Å². The van der Waals surface area contributed by atoms with E-state index < -0.39 is 11.6 Å². The van der Waals surface area contributed by atoms with Crippen LogP contribution >= 0.6 is 0 Å². The van der Waals surface area contributed by atoms with Gasteiger partial charge in [0.25, 0.3) is 0 Å². The van der Waals surface area contributed by atoms with Gasteiger partial charge in [0.2, 0.25) is 5.91 Å². The fourth-order valence-electron chi connectivity index (χ4n) is 3.42. The number of nitrogens with zero attached hydrogens (tertiary/aromatic N) is 1. The first kappa shape index (κ1) is 19.1. The third kappa shape index (κ3) is 4.36. The van der Waals surface area contributed by atoms with Crippen molar-refractivity contribution in [3.05, 3.63) is 53.6 Å². The SMILES string of the molecule is COc1ccc(C2CCCN2CC(=O)Nc2ccc(F)c(F)c2)c(OC)c1. The van der Waals surface area contributed by atoms with Gasteiger partial charge < -0.3 is 14.8 Å². The fraction of sp³-hybridized carbons (Fsp3) is 0.350. The molecule has 5 nitrogen and oxygen atoms in total. The number of benzene rings is 2. The van der Waals surface area contributed by atoms with Crippen LogP contribution in [0.15, 0.2) is 36.4 Å². The lowest BCUT2D eigenvalue weighted by Crippen LogP contribution is -2.33. The van der Waals surface area contributed by atoms with Gasteiger partial charge in [-0.2, -0.15) is 0 Å². The molecule has 1 aliphatic rings. The van der Waals surface area contributed by atoms with Gasteiger partial charge in [0.05, 0.1) is 20.8 Å². The summed E-state index contributed by atoms with van der Waals surface area (Å²) in [6.07, 6.45) is 1.86. The number of carbonyl (C=O) groups excluding carboxylic acids is 1. The second-order valence-corrected chi connectivity index (χ2v) is 6.41. The molecule has 0 saturated carbocycles. The summed E-state index contributed by atoms with van der Waals surface area (Å²) < 4.78 is 37.0. The smallest absolute Gasteiger partial charge is 0.238 e. The summed E-state index contributed by atoms with van der Waals surface area (Å²) in [5.41, 5.74) is 1.23. The number of halogens is 2. The highest BCUT2D eigenvalue weighted by molar-refractivity contribution is 5.92. The van der Waals surface area contributed by atoms with E-state index in [4.69, 9.17) is 9.47 Å². The second kappa shape index (κ2) is 8.35. The first-order chi connectivity index (χ1) is 13.0. The van der Waals surface area contributed by atoms with E-state index in [9.17, 15) is 13.6 Å². The van der Waals surface area contributed by atoms with E-state index in [1.807, 2.05) is 18.2 Å². The monoisotopic (exact) mass is 376 g/mol. The Bertz CT molecular complexity index is 829. The maximum Gasteiger partial charge on any atom is 0.238 e. The van der Waals surface area contributed by atoms with E-state index in [-0.39, 0.29) is 24.2 Å². The van der Waals surface area contributed by atoms with E-state index in [0.29, 0.717) is 11.5 Å². The number of hydrogen-bond acceptors (Lipinski definition) is 4. The quantitative estimate of drug-likeness (QED) is 0.834. The van der Waals surface area contributed by atoms with Crippen LogP contribution in [0, 0.1) is 11.6 Å². The van der Waals surface area contributed by atoms with E-state index in [0.717, 1.165) is 37.1 Å². The summed E-state index contributed by atoms with van der Waals surface area (Å²) >= 11 is 0. The van der Waals surface area contributed by atoms with Crippen molar-refractivity contribution in [2.75, 3.05) is 32.6 Å². The minimum absolute atomic E-state index is 0.0431. The van der Waals surface area contributed by atoms with Crippen LogP contribution in [-0.4, -0.2) is 38.1 Å². The van der Waals surface area contributed by atoms with Crippen molar-refractivity contribution in [1.29, 1.82) is 0 Å². The van der Waals surface area contributed by atoms with Crippen molar-refractivity contribution >= 4 is 11.6 Å². The van der Waals surface area contributed by atoms with Gasteiger partial charge in [0.15, 0.2) is 11.6 Å². The standard InChI is InChI=1S/C20H22F2N2O3/c1-26-14-6-7-15(19(11-14)27-2)18-4-3-9-24(18)12-20(25)23-13-5-8-16(21)17(22)10-13/h5-8,10-11,18H,3-4,9,12H2,1-2H3,(H,23,25). The number of ether oxygens (including phenoxy) is 2. The number of rotatable bonds is 6. The van der Waals surface area contributed by atoms with Gasteiger partial charge in [-0.25, -0.2) is 8.78 Å². The minimum Gasteiger partial charge on any atom is -0.497 e. The van der Waals surface area contributed by atoms with Crippen molar-refractivity contribution in [3.8, 4) is 11.5 Å². The van der Waals surface area contributed by atoms with Crippen LogP contribution in [0.2, 0.25) is 0 Å². The summed E-state index contributed by atoms with van der Waals surface area (Å²) in [5.74, 6) is -0.794. The fourth-order valence-corrected chi connectivity index (χ4v) is 3.42. The van der Waals surface area contributed by atoms with Gasteiger partial charge in [-0.15, -0.1) is 0 Å². The molecular formula is C20H22F2N2O3. The van der Waals surface area contributed by atoms with Gasteiger partial charge in [0.1, 0.15) is 11.5 Å². The highest BCUT2D eigenvalue weighted by atomic mass is 19.2. The molecule has 144 valence electrons. The first-order valence-corrected chi connectivity index (χ1v) is 8.72. The Morgan fingerprint density at radius 1 is 1.15 bits per heavy atom. The molecule has 0 aliphatic carbocycles. The van der Waals surface area contributed by atoms with E-state index >= 15 is 0 Å². The van der Waals surface area contributed by atoms with Gasteiger partial charge in [-0.1, -0.05) is 6.07 Å². The highest BCUT2D eigenvalue weighted by Gasteiger charge is 2.30. The van der Waals surface area contributed by atoms with Gasteiger partial charge in [0, 0.05) is 29.4 Å². The maximum atomic E-state index is 13.3. The molecule has 0 bridgehead atoms. The molecule has 3 rings (SSSR count). The Balaban J connectivity index is 1.71. The second-order valence-electron chi connectivity index (χ2n) is 6.41. The Labute approximate surface area is 156 Å². The molecule has 1 unspecified atom stereocenters. The van der Waals surface area contributed by atoms with Gasteiger partial charge in [-0.05, 0) is 37.6 Å².